The number of nitro benzene ring substituents is 1. The predicted octanol–water partition coefficient (Wildman–Crippen LogP) is 6.23. The summed E-state index contributed by atoms with van der Waals surface area (Å²) in [4.78, 5) is 27.8. The second-order valence-corrected chi connectivity index (χ2v) is 8.02. The second kappa shape index (κ2) is 8.42. The molecule has 2 aromatic carbocycles. The van der Waals surface area contributed by atoms with Crippen LogP contribution >= 0.6 is 34.5 Å². The molecule has 9 nitrogen and oxygen atoms in total. The average molecular weight is 475 g/mol. The van der Waals surface area contributed by atoms with Crippen LogP contribution in [0.5, 0.6) is 0 Å². The number of benzene rings is 2. The van der Waals surface area contributed by atoms with Gasteiger partial charge in [0.1, 0.15) is 5.69 Å². The van der Waals surface area contributed by atoms with Crippen molar-refractivity contribution in [2.24, 2.45) is 10.2 Å². The monoisotopic (exact) mass is 474 g/mol. The Morgan fingerprint density at radius 1 is 1.19 bits per heavy atom. The minimum Gasteiger partial charge on any atom is -0.291 e. The fourth-order valence-electron chi connectivity index (χ4n) is 2.73. The number of nitro groups is 1. The first kappa shape index (κ1) is 20.9. The summed E-state index contributed by atoms with van der Waals surface area (Å²) in [7, 11) is 0. The van der Waals surface area contributed by atoms with Crippen LogP contribution in [0.2, 0.25) is 10.0 Å². The summed E-state index contributed by atoms with van der Waals surface area (Å²) in [6.07, 6.45) is 0. The van der Waals surface area contributed by atoms with E-state index in [1.54, 1.807) is 42.6 Å². The van der Waals surface area contributed by atoms with Gasteiger partial charge in [-0.3, -0.25) is 20.0 Å². The van der Waals surface area contributed by atoms with Crippen LogP contribution in [-0.2, 0) is 0 Å². The van der Waals surface area contributed by atoms with E-state index in [-0.39, 0.29) is 11.4 Å². The van der Waals surface area contributed by atoms with Gasteiger partial charge in [0.15, 0.2) is 5.69 Å². The number of H-pyrrole nitrogens is 1. The molecule has 4 rings (SSSR count). The highest BCUT2D eigenvalue weighted by atomic mass is 35.5. The van der Waals surface area contributed by atoms with Crippen molar-refractivity contribution in [2.45, 2.75) is 6.92 Å². The summed E-state index contributed by atoms with van der Waals surface area (Å²) < 4.78 is 1.24. The van der Waals surface area contributed by atoms with E-state index in [0.717, 1.165) is 0 Å². The van der Waals surface area contributed by atoms with E-state index in [1.165, 1.54) is 28.2 Å². The van der Waals surface area contributed by atoms with Gasteiger partial charge >= 0.3 is 5.56 Å². The van der Waals surface area contributed by atoms with Gasteiger partial charge in [-0.15, -0.1) is 21.6 Å². The van der Waals surface area contributed by atoms with Crippen molar-refractivity contribution in [1.29, 1.82) is 0 Å². The molecule has 0 aliphatic rings. The lowest BCUT2D eigenvalue weighted by molar-refractivity contribution is -0.384. The van der Waals surface area contributed by atoms with Crippen molar-refractivity contribution >= 4 is 51.6 Å². The van der Waals surface area contributed by atoms with E-state index in [0.29, 0.717) is 37.8 Å². The molecular weight excluding hydrogens is 463 g/mol. The molecule has 4 aromatic rings. The first-order valence-electron chi connectivity index (χ1n) is 8.72. The molecule has 0 radical (unpaired) electrons. The molecule has 0 aliphatic carbocycles. The van der Waals surface area contributed by atoms with Crippen LogP contribution in [0, 0.1) is 17.0 Å². The standard InChI is InChI=1S/C19H12Cl2N6O3S/c1-10-17(24-23-15-8-12(20)5-6-14(15)21)18(28)26(25-10)19-22-16(9-31-19)11-3-2-4-13(7-11)27(29)30/h2-9,25H,1H3. The molecule has 0 unspecified atom stereocenters. The highest BCUT2D eigenvalue weighted by Gasteiger charge is 2.16. The second-order valence-electron chi connectivity index (χ2n) is 6.34. The maximum atomic E-state index is 12.8. The third kappa shape index (κ3) is 4.26. The highest BCUT2D eigenvalue weighted by molar-refractivity contribution is 7.12. The zero-order valence-electron chi connectivity index (χ0n) is 15.7. The number of hydrogen-bond donors (Lipinski definition) is 1. The van der Waals surface area contributed by atoms with E-state index >= 15 is 0 Å². The Bertz CT molecular complexity index is 1390. The van der Waals surface area contributed by atoms with Crippen molar-refractivity contribution in [3.8, 4) is 16.4 Å². The van der Waals surface area contributed by atoms with Gasteiger partial charge in [-0.05, 0) is 25.1 Å². The van der Waals surface area contributed by atoms with Crippen LogP contribution in [0.15, 0.2) is 62.9 Å². The van der Waals surface area contributed by atoms with Gasteiger partial charge in [-0.1, -0.05) is 35.3 Å². The number of aromatic nitrogens is 3. The summed E-state index contributed by atoms with van der Waals surface area (Å²) in [5.74, 6) is 0. The normalized spacial score (nSPS) is 11.3. The maximum Gasteiger partial charge on any atom is 0.301 e. The topological polar surface area (TPSA) is 119 Å². The molecular formula is C19H12Cl2N6O3S. The molecule has 0 amide bonds. The lowest BCUT2D eigenvalue weighted by Crippen LogP contribution is -2.13. The molecule has 0 atom stereocenters. The maximum absolute atomic E-state index is 12.8. The first-order chi connectivity index (χ1) is 14.8. The van der Waals surface area contributed by atoms with E-state index in [2.05, 4.69) is 20.3 Å². The molecule has 0 aliphatic heterocycles. The Morgan fingerprint density at radius 3 is 2.77 bits per heavy atom. The van der Waals surface area contributed by atoms with E-state index < -0.39 is 10.5 Å². The van der Waals surface area contributed by atoms with Gasteiger partial charge in [-0.2, -0.15) is 4.68 Å². The third-order valence-corrected chi connectivity index (χ3v) is 5.62. The zero-order chi connectivity index (χ0) is 22.1. The van der Waals surface area contributed by atoms with Crippen LogP contribution < -0.4 is 5.56 Å². The number of aromatic amines is 1. The zero-order valence-corrected chi connectivity index (χ0v) is 18.1. The molecule has 12 heteroatoms. The van der Waals surface area contributed by atoms with Gasteiger partial charge in [0.25, 0.3) is 5.69 Å². The van der Waals surface area contributed by atoms with Crippen molar-refractivity contribution < 1.29 is 4.92 Å². The molecule has 0 saturated heterocycles. The number of nitrogens with zero attached hydrogens (tertiary/aromatic N) is 5. The van der Waals surface area contributed by atoms with Crippen molar-refractivity contribution in [3.63, 3.8) is 0 Å². The quantitative estimate of drug-likeness (QED) is 0.209. The smallest absolute Gasteiger partial charge is 0.291 e. The fraction of sp³-hybridized carbons (Fsp3) is 0.0526. The molecule has 31 heavy (non-hydrogen) atoms. The fourth-order valence-corrected chi connectivity index (χ4v) is 3.85. The molecule has 1 N–H and O–H groups in total. The number of halogens is 2. The minimum atomic E-state index is -0.473. The molecule has 0 bridgehead atoms. The number of nitrogens with one attached hydrogen (secondary N) is 1. The van der Waals surface area contributed by atoms with Gasteiger partial charge in [0, 0.05) is 28.1 Å². The molecule has 0 spiro atoms. The molecule has 156 valence electrons. The Hall–Kier alpha value is -3.34. The minimum absolute atomic E-state index is 0.0395. The van der Waals surface area contributed by atoms with Crippen molar-refractivity contribution in [1.82, 2.24) is 14.8 Å². The molecule has 2 aromatic heterocycles. The summed E-state index contributed by atoms with van der Waals surface area (Å²) in [5, 5.41) is 24.9. The van der Waals surface area contributed by atoms with Crippen LogP contribution in [-0.4, -0.2) is 19.7 Å². The van der Waals surface area contributed by atoms with Gasteiger partial charge in [0.05, 0.1) is 21.3 Å². The van der Waals surface area contributed by atoms with Crippen LogP contribution in [0.1, 0.15) is 5.69 Å². The van der Waals surface area contributed by atoms with Gasteiger partial charge < -0.3 is 0 Å². The largest absolute Gasteiger partial charge is 0.301 e. The number of thiazole rings is 1. The number of rotatable bonds is 5. The first-order valence-corrected chi connectivity index (χ1v) is 10.4. The van der Waals surface area contributed by atoms with Crippen molar-refractivity contribution in [2.75, 3.05) is 0 Å². The lowest BCUT2D eigenvalue weighted by atomic mass is 10.1. The van der Waals surface area contributed by atoms with E-state index in [4.69, 9.17) is 23.2 Å². The number of aryl methyl sites for hydroxylation is 1. The predicted molar refractivity (Wildman–Crippen MR) is 120 cm³/mol. The van der Waals surface area contributed by atoms with Crippen LogP contribution in [0.3, 0.4) is 0 Å². The average Bonchev–Trinajstić information content (AvgIpc) is 3.34. The number of hydrogen-bond acceptors (Lipinski definition) is 7. The Kier molecular flexibility index (Phi) is 5.68. The van der Waals surface area contributed by atoms with E-state index in [9.17, 15) is 14.9 Å². The molecule has 0 saturated carbocycles. The summed E-state index contributed by atoms with van der Waals surface area (Å²) in [6, 6.07) is 10.9. The van der Waals surface area contributed by atoms with Gasteiger partial charge in [-0.25, -0.2) is 4.98 Å². The molecule has 0 fully saturated rings. The Morgan fingerprint density at radius 2 is 2.00 bits per heavy atom. The SMILES string of the molecule is Cc1[nH]n(-c2nc(-c3cccc([N+](=O)[O-])c3)cs2)c(=O)c1N=Nc1cc(Cl)ccc1Cl. The highest BCUT2D eigenvalue weighted by Crippen LogP contribution is 2.30. The van der Waals surface area contributed by atoms with Gasteiger partial charge in [0.2, 0.25) is 5.13 Å². The summed E-state index contributed by atoms with van der Waals surface area (Å²) >= 11 is 13.2. The Balaban J connectivity index is 1.68. The van der Waals surface area contributed by atoms with E-state index in [1.807, 2.05) is 0 Å². The summed E-state index contributed by atoms with van der Waals surface area (Å²) in [5.41, 5.74) is 1.52. The number of azo groups is 1. The Labute approximate surface area is 188 Å². The van der Waals surface area contributed by atoms with Crippen molar-refractivity contribution in [3.05, 3.63) is 84.1 Å². The lowest BCUT2D eigenvalue weighted by Gasteiger charge is -1.97. The number of non-ortho nitro benzene ring substituents is 1. The molecule has 2 heterocycles. The van der Waals surface area contributed by atoms with Crippen LogP contribution in [0.25, 0.3) is 16.4 Å². The summed E-state index contributed by atoms with van der Waals surface area (Å²) in [6.45, 7) is 1.68. The third-order valence-electron chi connectivity index (χ3n) is 4.24. The van der Waals surface area contributed by atoms with Crippen LogP contribution in [0.4, 0.5) is 17.1 Å².